The van der Waals surface area contributed by atoms with Crippen molar-refractivity contribution in [3.05, 3.63) is 0 Å². The second kappa shape index (κ2) is 66.3. The van der Waals surface area contributed by atoms with Crippen LogP contribution in [-0.4, -0.2) is 96.7 Å². The average molecular weight is 1350 g/mol. The van der Waals surface area contributed by atoms with Gasteiger partial charge in [0, 0.05) is 25.7 Å². The van der Waals surface area contributed by atoms with E-state index in [2.05, 4.69) is 34.6 Å². The Hall–Kier alpha value is -1.94. The van der Waals surface area contributed by atoms with Gasteiger partial charge < -0.3 is 33.8 Å². The molecule has 17 nitrogen and oxygen atoms in total. The van der Waals surface area contributed by atoms with E-state index in [1.807, 2.05) is 0 Å². The molecule has 546 valence electrons. The summed E-state index contributed by atoms with van der Waals surface area (Å²) in [6.07, 6.45) is 54.1. The Kier molecular flexibility index (Phi) is 64.9. The number of carbonyl (C=O) groups excluding carboxylic acids is 4. The van der Waals surface area contributed by atoms with E-state index in [1.165, 1.54) is 193 Å². The highest BCUT2D eigenvalue weighted by Gasteiger charge is 2.30. The fourth-order valence-electron chi connectivity index (χ4n) is 11.2. The van der Waals surface area contributed by atoms with Crippen LogP contribution in [0.25, 0.3) is 0 Å². The molecular weight excluding hydrogens is 1210 g/mol. The first-order chi connectivity index (χ1) is 44.5. The first kappa shape index (κ1) is 90.1. The minimum atomic E-state index is -4.95. The molecule has 92 heavy (non-hydrogen) atoms. The lowest BCUT2D eigenvalue weighted by Gasteiger charge is -2.21. The van der Waals surface area contributed by atoms with Crippen LogP contribution in [0.1, 0.15) is 381 Å². The number of ether oxygens (including phenoxy) is 4. The van der Waals surface area contributed by atoms with Gasteiger partial charge in [0.15, 0.2) is 12.2 Å². The third-order valence-corrected chi connectivity index (χ3v) is 18.9. The monoisotopic (exact) mass is 1350 g/mol. The molecule has 0 aliphatic carbocycles. The maximum atomic E-state index is 13.1. The SMILES string of the molecule is CCCCCCCCCCCCCCCCCC(=O)OC[C@H](COP(=O)(O)OC[C@@H](O)COP(=O)(O)OC[C@@H](COC(=O)CCCCCCCCC)OC(=O)CCCCCCCCCCCCCCC)OC(=O)CCCCCCCCCCCCCCCCC(C)C. The van der Waals surface area contributed by atoms with Crippen LogP contribution >= 0.6 is 15.6 Å². The number of aliphatic hydroxyl groups excluding tert-OH is 1. The number of carbonyl (C=O) groups is 4. The number of unbranched alkanes of at least 4 members (excludes halogenated alkanes) is 45. The van der Waals surface area contributed by atoms with Crippen molar-refractivity contribution >= 4 is 39.5 Å². The normalized spacial score (nSPS) is 14.0. The summed E-state index contributed by atoms with van der Waals surface area (Å²) in [6, 6.07) is 0. The summed E-state index contributed by atoms with van der Waals surface area (Å²) < 4.78 is 68.3. The van der Waals surface area contributed by atoms with E-state index in [9.17, 15) is 43.2 Å². The first-order valence-corrected chi connectivity index (χ1v) is 41.1. The number of phosphoric acid groups is 2. The quantitative estimate of drug-likeness (QED) is 0.0222. The number of phosphoric ester groups is 2. The van der Waals surface area contributed by atoms with Gasteiger partial charge in [0.05, 0.1) is 26.4 Å². The summed E-state index contributed by atoms with van der Waals surface area (Å²) in [5.41, 5.74) is 0. The van der Waals surface area contributed by atoms with Crippen LogP contribution in [0.3, 0.4) is 0 Å². The van der Waals surface area contributed by atoms with Crippen molar-refractivity contribution < 1.29 is 80.2 Å². The van der Waals surface area contributed by atoms with E-state index in [4.69, 9.17) is 37.0 Å². The zero-order valence-corrected chi connectivity index (χ0v) is 61.5. The molecule has 0 saturated heterocycles. The summed E-state index contributed by atoms with van der Waals surface area (Å²) in [6.45, 7) is 7.26. The van der Waals surface area contributed by atoms with Gasteiger partial charge in [0.1, 0.15) is 19.3 Å². The molecule has 0 aromatic heterocycles. The Bertz CT molecular complexity index is 1770. The molecule has 0 radical (unpaired) electrons. The van der Waals surface area contributed by atoms with Gasteiger partial charge in [-0.1, -0.05) is 330 Å². The Morgan fingerprint density at radius 1 is 0.293 bits per heavy atom. The molecule has 0 heterocycles. The minimum absolute atomic E-state index is 0.108. The van der Waals surface area contributed by atoms with E-state index in [-0.39, 0.29) is 25.7 Å². The predicted octanol–water partition coefficient (Wildman–Crippen LogP) is 21.3. The van der Waals surface area contributed by atoms with E-state index in [0.29, 0.717) is 25.7 Å². The van der Waals surface area contributed by atoms with Crippen molar-refractivity contribution in [2.45, 2.75) is 400 Å². The van der Waals surface area contributed by atoms with Gasteiger partial charge in [-0.25, -0.2) is 9.13 Å². The number of hydrogen-bond acceptors (Lipinski definition) is 15. The second-order valence-corrected chi connectivity index (χ2v) is 29.7. The van der Waals surface area contributed by atoms with Crippen LogP contribution < -0.4 is 0 Å². The van der Waals surface area contributed by atoms with Crippen molar-refractivity contribution in [2.75, 3.05) is 39.6 Å². The lowest BCUT2D eigenvalue weighted by atomic mass is 10.0. The number of aliphatic hydroxyl groups is 1. The van der Waals surface area contributed by atoms with Gasteiger partial charge in [-0.3, -0.25) is 37.3 Å². The molecule has 0 bridgehead atoms. The molecule has 19 heteroatoms. The molecule has 0 spiro atoms. The van der Waals surface area contributed by atoms with Gasteiger partial charge in [-0.15, -0.1) is 0 Å². The zero-order valence-electron chi connectivity index (χ0n) is 59.7. The predicted molar refractivity (Wildman–Crippen MR) is 372 cm³/mol. The van der Waals surface area contributed by atoms with Crippen molar-refractivity contribution in [1.82, 2.24) is 0 Å². The fourth-order valence-corrected chi connectivity index (χ4v) is 12.8. The highest BCUT2D eigenvalue weighted by atomic mass is 31.2. The topological polar surface area (TPSA) is 237 Å². The number of esters is 4. The van der Waals surface area contributed by atoms with Gasteiger partial charge in [0.2, 0.25) is 0 Å². The molecule has 5 atom stereocenters. The van der Waals surface area contributed by atoms with Gasteiger partial charge in [-0.2, -0.15) is 0 Å². The lowest BCUT2D eigenvalue weighted by molar-refractivity contribution is -0.161. The highest BCUT2D eigenvalue weighted by Crippen LogP contribution is 2.45. The third kappa shape index (κ3) is 66.7. The number of rotatable bonds is 73. The third-order valence-electron chi connectivity index (χ3n) is 17.0. The number of hydrogen-bond donors (Lipinski definition) is 3. The molecule has 0 aromatic carbocycles. The van der Waals surface area contributed by atoms with Crippen molar-refractivity contribution in [1.29, 1.82) is 0 Å². The molecule has 0 aromatic rings. The maximum absolute atomic E-state index is 13.1. The van der Waals surface area contributed by atoms with Crippen molar-refractivity contribution in [3.8, 4) is 0 Å². The van der Waals surface area contributed by atoms with Crippen LogP contribution in [0.15, 0.2) is 0 Å². The molecular formula is C73H142O17P2. The van der Waals surface area contributed by atoms with Crippen molar-refractivity contribution in [3.63, 3.8) is 0 Å². The Morgan fingerprint density at radius 2 is 0.500 bits per heavy atom. The largest absolute Gasteiger partial charge is 0.472 e. The van der Waals surface area contributed by atoms with Crippen molar-refractivity contribution in [2.24, 2.45) is 5.92 Å². The molecule has 0 saturated carbocycles. The molecule has 0 fully saturated rings. The molecule has 0 aliphatic heterocycles. The summed E-state index contributed by atoms with van der Waals surface area (Å²) in [5.74, 6) is -1.32. The summed E-state index contributed by atoms with van der Waals surface area (Å²) in [4.78, 5) is 72.6. The molecule has 0 aliphatic rings. The Balaban J connectivity index is 5.20. The van der Waals surface area contributed by atoms with Crippen LogP contribution in [0.2, 0.25) is 0 Å². The average Bonchev–Trinajstić information content (AvgIpc) is 2.05. The lowest BCUT2D eigenvalue weighted by Crippen LogP contribution is -2.30. The summed E-state index contributed by atoms with van der Waals surface area (Å²) in [7, 11) is -9.90. The molecule has 0 rings (SSSR count). The van der Waals surface area contributed by atoms with E-state index in [1.54, 1.807) is 0 Å². The summed E-state index contributed by atoms with van der Waals surface area (Å²) >= 11 is 0. The smallest absolute Gasteiger partial charge is 0.462 e. The zero-order chi connectivity index (χ0) is 67.7. The first-order valence-electron chi connectivity index (χ1n) is 38.1. The van der Waals surface area contributed by atoms with Crippen LogP contribution in [-0.2, 0) is 65.4 Å². The van der Waals surface area contributed by atoms with Gasteiger partial charge in [0.25, 0.3) is 0 Å². The van der Waals surface area contributed by atoms with Gasteiger partial charge in [-0.05, 0) is 31.6 Å². The van der Waals surface area contributed by atoms with Crippen LogP contribution in [0, 0.1) is 5.92 Å². The van der Waals surface area contributed by atoms with Gasteiger partial charge >= 0.3 is 39.5 Å². The maximum Gasteiger partial charge on any atom is 0.472 e. The summed E-state index contributed by atoms with van der Waals surface area (Å²) in [5, 5.41) is 10.6. The molecule has 0 amide bonds. The standard InChI is InChI=1S/C73H142O17P2/c1-6-9-12-15-18-20-22-24-25-30-33-37-42-47-52-57-71(76)84-63-69(90-73(78)59-54-49-44-39-35-31-27-26-29-32-36-41-45-50-55-66(4)5)65-88-92(81,82)86-61-67(74)60-85-91(79,80)87-64-68(62-83-70(75)56-51-46-40-17-14-11-8-3)89-72(77)58-53-48-43-38-34-28-23-21-19-16-13-10-7-2/h66-69,74H,6-65H2,1-5H3,(H,79,80)(H,81,82)/t67-,68+,69+/m0/s1. The van der Waals surface area contributed by atoms with Crippen LogP contribution in [0.5, 0.6) is 0 Å². The highest BCUT2D eigenvalue weighted by molar-refractivity contribution is 7.47. The Morgan fingerprint density at radius 3 is 0.739 bits per heavy atom. The second-order valence-electron chi connectivity index (χ2n) is 26.8. The fraction of sp³-hybridized carbons (Fsp3) is 0.945. The van der Waals surface area contributed by atoms with E-state index < -0.39 is 97.5 Å². The van der Waals surface area contributed by atoms with E-state index >= 15 is 0 Å². The minimum Gasteiger partial charge on any atom is -0.462 e. The molecule has 2 unspecified atom stereocenters. The molecule has 3 N–H and O–H groups in total. The van der Waals surface area contributed by atoms with E-state index in [0.717, 1.165) is 109 Å². The Labute approximate surface area is 562 Å². The van der Waals surface area contributed by atoms with Crippen LogP contribution in [0.4, 0.5) is 0 Å².